The Labute approximate surface area is 122 Å². The number of nitrogen functional groups attached to an aromatic ring is 1. The van der Waals surface area contributed by atoms with Crippen LogP contribution < -0.4 is 15.8 Å². The molecule has 1 amide bonds. The lowest BCUT2D eigenvalue weighted by atomic mass is 10.1. The second-order valence-electron chi connectivity index (χ2n) is 4.40. The second-order valence-corrected chi connectivity index (χ2v) is 5.38. The summed E-state index contributed by atoms with van der Waals surface area (Å²) in [7, 11) is 1.57. The van der Waals surface area contributed by atoms with Crippen molar-refractivity contribution >= 4 is 22.9 Å². The fraction of sp³-hybridized carbons (Fsp3) is 0.267. The van der Waals surface area contributed by atoms with Crippen LogP contribution in [0.4, 0.5) is 5.69 Å². The summed E-state index contributed by atoms with van der Waals surface area (Å²) in [4.78, 5) is 13.4. The first-order chi connectivity index (χ1) is 9.65. The average molecular weight is 290 g/mol. The van der Waals surface area contributed by atoms with E-state index in [0.717, 1.165) is 11.3 Å². The van der Waals surface area contributed by atoms with E-state index in [-0.39, 0.29) is 11.9 Å². The number of hydrogen-bond acceptors (Lipinski definition) is 4. The fourth-order valence-electron chi connectivity index (χ4n) is 1.97. The standard InChI is InChI=1S/C15H18N2O2S/c1-3-13(14-5-4-8-20-14)17-15(18)11-7-6-10(19-2)9-12(11)16/h4-9,13H,3,16H2,1-2H3,(H,17,18). The maximum absolute atomic E-state index is 12.3. The summed E-state index contributed by atoms with van der Waals surface area (Å²) >= 11 is 1.64. The lowest BCUT2D eigenvalue weighted by Crippen LogP contribution is -2.28. The molecule has 0 radical (unpaired) electrons. The Morgan fingerprint density at radius 3 is 2.80 bits per heavy atom. The van der Waals surface area contributed by atoms with Crippen molar-refractivity contribution in [3.05, 3.63) is 46.2 Å². The van der Waals surface area contributed by atoms with Gasteiger partial charge < -0.3 is 15.8 Å². The largest absolute Gasteiger partial charge is 0.497 e. The summed E-state index contributed by atoms with van der Waals surface area (Å²) in [5.41, 5.74) is 6.79. The summed E-state index contributed by atoms with van der Waals surface area (Å²) in [6, 6.07) is 9.10. The highest BCUT2D eigenvalue weighted by Gasteiger charge is 2.16. The van der Waals surface area contributed by atoms with E-state index < -0.39 is 0 Å². The first-order valence-electron chi connectivity index (χ1n) is 6.43. The summed E-state index contributed by atoms with van der Waals surface area (Å²) in [6.07, 6.45) is 0.836. The first kappa shape index (κ1) is 14.4. The van der Waals surface area contributed by atoms with E-state index in [4.69, 9.17) is 10.5 Å². The van der Waals surface area contributed by atoms with Crippen molar-refractivity contribution in [3.8, 4) is 5.75 Å². The van der Waals surface area contributed by atoms with Gasteiger partial charge >= 0.3 is 0 Å². The number of carbonyl (C=O) groups is 1. The van der Waals surface area contributed by atoms with Crippen molar-refractivity contribution in [2.24, 2.45) is 0 Å². The molecule has 0 aliphatic rings. The molecule has 0 aliphatic heterocycles. The van der Waals surface area contributed by atoms with Gasteiger partial charge in [-0.15, -0.1) is 11.3 Å². The molecule has 106 valence electrons. The van der Waals surface area contributed by atoms with Crippen molar-refractivity contribution in [1.29, 1.82) is 0 Å². The summed E-state index contributed by atoms with van der Waals surface area (Å²) in [6.45, 7) is 2.04. The molecular formula is C15H18N2O2S. The van der Waals surface area contributed by atoms with Crippen LogP contribution in [0.15, 0.2) is 35.7 Å². The number of benzene rings is 1. The Hall–Kier alpha value is -2.01. The summed E-state index contributed by atoms with van der Waals surface area (Å²) in [5, 5.41) is 5.02. The van der Waals surface area contributed by atoms with Gasteiger partial charge in [0.05, 0.1) is 18.7 Å². The minimum absolute atomic E-state index is 0.0176. The normalized spacial score (nSPS) is 11.9. The van der Waals surface area contributed by atoms with Crippen molar-refractivity contribution in [2.45, 2.75) is 19.4 Å². The summed E-state index contributed by atoms with van der Waals surface area (Å²) in [5.74, 6) is 0.481. The van der Waals surface area contributed by atoms with Crippen LogP contribution >= 0.6 is 11.3 Å². The molecule has 2 aromatic rings. The topological polar surface area (TPSA) is 64.3 Å². The van der Waals surface area contributed by atoms with Crippen molar-refractivity contribution in [3.63, 3.8) is 0 Å². The summed E-state index contributed by atoms with van der Waals surface area (Å²) < 4.78 is 5.08. The minimum atomic E-state index is -0.162. The molecule has 1 aromatic heterocycles. The molecule has 1 unspecified atom stereocenters. The molecule has 20 heavy (non-hydrogen) atoms. The van der Waals surface area contributed by atoms with E-state index in [1.165, 1.54) is 0 Å². The molecule has 0 saturated carbocycles. The van der Waals surface area contributed by atoms with Crippen molar-refractivity contribution in [2.75, 3.05) is 12.8 Å². The Morgan fingerprint density at radius 2 is 2.25 bits per heavy atom. The van der Waals surface area contributed by atoms with Gasteiger partial charge in [-0.25, -0.2) is 0 Å². The lowest BCUT2D eigenvalue weighted by molar-refractivity contribution is 0.0937. The number of thiophene rings is 1. The van der Waals surface area contributed by atoms with Gasteiger partial charge in [0.25, 0.3) is 5.91 Å². The number of ether oxygens (including phenoxy) is 1. The van der Waals surface area contributed by atoms with E-state index in [1.807, 2.05) is 24.4 Å². The van der Waals surface area contributed by atoms with E-state index in [0.29, 0.717) is 17.0 Å². The molecule has 4 nitrogen and oxygen atoms in total. The molecule has 1 aromatic carbocycles. The maximum Gasteiger partial charge on any atom is 0.253 e. The molecule has 1 atom stereocenters. The molecule has 5 heteroatoms. The highest BCUT2D eigenvalue weighted by Crippen LogP contribution is 2.24. The third kappa shape index (κ3) is 3.11. The van der Waals surface area contributed by atoms with Crippen LogP contribution in [0.3, 0.4) is 0 Å². The first-order valence-corrected chi connectivity index (χ1v) is 7.31. The Bertz CT molecular complexity index is 582. The second kappa shape index (κ2) is 6.43. The molecule has 0 spiro atoms. The van der Waals surface area contributed by atoms with E-state index in [1.54, 1.807) is 36.6 Å². The van der Waals surface area contributed by atoms with Crippen LogP contribution in [0.2, 0.25) is 0 Å². The number of anilines is 1. The molecule has 1 heterocycles. The SMILES string of the molecule is CCC(NC(=O)c1ccc(OC)cc1N)c1cccs1. The minimum Gasteiger partial charge on any atom is -0.497 e. The molecule has 2 rings (SSSR count). The smallest absolute Gasteiger partial charge is 0.253 e. The van der Waals surface area contributed by atoms with Crippen molar-refractivity contribution < 1.29 is 9.53 Å². The third-order valence-electron chi connectivity index (χ3n) is 3.10. The zero-order valence-corrected chi connectivity index (χ0v) is 12.4. The fourth-order valence-corrected chi connectivity index (χ4v) is 2.84. The van der Waals surface area contributed by atoms with Gasteiger partial charge in [0.2, 0.25) is 0 Å². The van der Waals surface area contributed by atoms with Gasteiger partial charge in [-0.2, -0.15) is 0 Å². The molecule has 0 bridgehead atoms. The number of carbonyl (C=O) groups excluding carboxylic acids is 1. The van der Waals surface area contributed by atoms with Gasteiger partial charge in [-0.1, -0.05) is 13.0 Å². The quantitative estimate of drug-likeness (QED) is 0.831. The van der Waals surface area contributed by atoms with Crippen LogP contribution in [0, 0.1) is 0 Å². The van der Waals surface area contributed by atoms with E-state index in [9.17, 15) is 4.79 Å². The van der Waals surface area contributed by atoms with Gasteiger partial charge in [0.1, 0.15) is 5.75 Å². The highest BCUT2D eigenvalue weighted by molar-refractivity contribution is 7.10. The Kier molecular flexibility index (Phi) is 4.63. The molecule has 0 saturated heterocycles. The van der Waals surface area contributed by atoms with Gasteiger partial charge in [0.15, 0.2) is 0 Å². The molecular weight excluding hydrogens is 272 g/mol. The van der Waals surface area contributed by atoms with Crippen LogP contribution in [0.5, 0.6) is 5.75 Å². The van der Waals surface area contributed by atoms with Gasteiger partial charge in [0, 0.05) is 16.6 Å². The van der Waals surface area contributed by atoms with Crippen LogP contribution in [-0.4, -0.2) is 13.0 Å². The van der Waals surface area contributed by atoms with Crippen LogP contribution in [0.25, 0.3) is 0 Å². The Balaban J connectivity index is 2.15. The lowest BCUT2D eigenvalue weighted by Gasteiger charge is -2.16. The monoisotopic (exact) mass is 290 g/mol. The van der Waals surface area contributed by atoms with Gasteiger partial charge in [-0.3, -0.25) is 4.79 Å². The Morgan fingerprint density at radius 1 is 1.45 bits per heavy atom. The van der Waals surface area contributed by atoms with Crippen LogP contribution in [0.1, 0.15) is 34.6 Å². The predicted molar refractivity (Wildman–Crippen MR) is 82.2 cm³/mol. The average Bonchev–Trinajstić information content (AvgIpc) is 2.98. The predicted octanol–water partition coefficient (Wildman–Crippen LogP) is 3.22. The van der Waals surface area contributed by atoms with Crippen LogP contribution in [-0.2, 0) is 0 Å². The number of methoxy groups -OCH3 is 1. The maximum atomic E-state index is 12.3. The zero-order chi connectivity index (χ0) is 14.5. The van der Waals surface area contributed by atoms with Crippen molar-refractivity contribution in [1.82, 2.24) is 5.32 Å². The number of amides is 1. The highest BCUT2D eigenvalue weighted by atomic mass is 32.1. The van der Waals surface area contributed by atoms with E-state index in [2.05, 4.69) is 5.32 Å². The molecule has 0 fully saturated rings. The number of nitrogens with one attached hydrogen (secondary N) is 1. The third-order valence-corrected chi connectivity index (χ3v) is 4.09. The molecule has 0 aliphatic carbocycles. The van der Waals surface area contributed by atoms with E-state index >= 15 is 0 Å². The van der Waals surface area contributed by atoms with Gasteiger partial charge in [-0.05, 0) is 30.0 Å². The number of rotatable bonds is 5. The number of nitrogens with two attached hydrogens (primary N) is 1. The number of hydrogen-bond donors (Lipinski definition) is 2. The zero-order valence-electron chi connectivity index (χ0n) is 11.6. The molecule has 3 N–H and O–H groups in total.